The van der Waals surface area contributed by atoms with Gasteiger partial charge in [0.25, 0.3) is 5.91 Å². The van der Waals surface area contributed by atoms with E-state index in [1.54, 1.807) is 32.3 Å². The predicted molar refractivity (Wildman–Crippen MR) is 71.9 cm³/mol. The zero-order valence-electron chi connectivity index (χ0n) is 11.2. The summed E-state index contributed by atoms with van der Waals surface area (Å²) in [7, 11) is 3.39. The predicted octanol–water partition coefficient (Wildman–Crippen LogP) is 2.28. The number of nitrogens with zero attached hydrogens (tertiary/aromatic N) is 2. The molecule has 0 aliphatic heterocycles. The van der Waals surface area contributed by atoms with Crippen molar-refractivity contribution in [2.24, 2.45) is 5.18 Å². The number of rotatable bonds is 5. The SMILES string of the molecule is CC(C)NCc1cc(C(=O)N(C)C)ccc1N=O. The molecule has 18 heavy (non-hydrogen) atoms. The number of benzene rings is 1. The van der Waals surface area contributed by atoms with Crippen molar-refractivity contribution in [1.29, 1.82) is 0 Å². The first-order valence-corrected chi connectivity index (χ1v) is 5.87. The fraction of sp³-hybridized carbons (Fsp3) is 0.462. The van der Waals surface area contributed by atoms with E-state index in [1.807, 2.05) is 13.8 Å². The summed E-state index contributed by atoms with van der Waals surface area (Å²) in [5.74, 6) is -0.0850. The molecule has 98 valence electrons. The molecule has 1 rings (SSSR count). The number of carbonyl (C=O) groups excluding carboxylic acids is 1. The van der Waals surface area contributed by atoms with E-state index in [-0.39, 0.29) is 5.91 Å². The highest BCUT2D eigenvalue weighted by atomic mass is 16.3. The summed E-state index contributed by atoms with van der Waals surface area (Å²) >= 11 is 0. The number of amides is 1. The fourth-order valence-corrected chi connectivity index (χ4v) is 1.52. The molecule has 0 saturated heterocycles. The molecule has 0 heterocycles. The van der Waals surface area contributed by atoms with Gasteiger partial charge in [-0.3, -0.25) is 4.79 Å². The van der Waals surface area contributed by atoms with Gasteiger partial charge in [0.1, 0.15) is 5.69 Å². The van der Waals surface area contributed by atoms with Crippen LogP contribution in [0.4, 0.5) is 5.69 Å². The van der Waals surface area contributed by atoms with Crippen molar-refractivity contribution in [2.45, 2.75) is 26.4 Å². The van der Waals surface area contributed by atoms with E-state index >= 15 is 0 Å². The van der Waals surface area contributed by atoms with Gasteiger partial charge in [-0.2, -0.15) is 0 Å². The standard InChI is InChI=1S/C13H19N3O2/c1-9(2)14-8-11-7-10(13(17)16(3)4)5-6-12(11)15-18/h5-7,9,14H,8H2,1-4H3. The highest BCUT2D eigenvalue weighted by molar-refractivity contribution is 5.94. The van der Waals surface area contributed by atoms with Crippen LogP contribution >= 0.6 is 0 Å². The van der Waals surface area contributed by atoms with Crippen LogP contribution in [0, 0.1) is 4.91 Å². The summed E-state index contributed by atoms with van der Waals surface area (Å²) in [5.41, 5.74) is 1.68. The van der Waals surface area contributed by atoms with Crippen molar-refractivity contribution in [2.75, 3.05) is 14.1 Å². The molecule has 0 spiro atoms. The minimum atomic E-state index is -0.0850. The summed E-state index contributed by atoms with van der Waals surface area (Å²) in [6, 6.07) is 5.23. The molecule has 0 saturated carbocycles. The highest BCUT2D eigenvalue weighted by Crippen LogP contribution is 2.21. The minimum absolute atomic E-state index is 0.0850. The van der Waals surface area contributed by atoms with E-state index in [0.29, 0.717) is 23.8 Å². The third-order valence-corrected chi connectivity index (χ3v) is 2.53. The Hall–Kier alpha value is -1.75. The maximum Gasteiger partial charge on any atom is 0.253 e. The lowest BCUT2D eigenvalue weighted by Crippen LogP contribution is -2.23. The first-order valence-electron chi connectivity index (χ1n) is 5.87. The number of carbonyl (C=O) groups is 1. The molecular formula is C13H19N3O2. The molecule has 1 aromatic rings. The van der Waals surface area contributed by atoms with Crippen LogP contribution in [-0.4, -0.2) is 30.9 Å². The molecule has 5 nitrogen and oxygen atoms in total. The Morgan fingerprint density at radius 1 is 1.39 bits per heavy atom. The molecule has 0 radical (unpaired) electrons. The van der Waals surface area contributed by atoms with Gasteiger partial charge in [-0.05, 0) is 28.9 Å². The quantitative estimate of drug-likeness (QED) is 0.814. The fourth-order valence-electron chi connectivity index (χ4n) is 1.52. The van der Waals surface area contributed by atoms with Gasteiger partial charge in [-0.1, -0.05) is 13.8 Å². The van der Waals surface area contributed by atoms with Gasteiger partial charge in [0.15, 0.2) is 0 Å². The monoisotopic (exact) mass is 249 g/mol. The molecule has 0 bridgehead atoms. The number of hydrogen-bond acceptors (Lipinski definition) is 4. The van der Waals surface area contributed by atoms with Gasteiger partial charge in [0, 0.05) is 32.2 Å². The topological polar surface area (TPSA) is 61.8 Å². The zero-order chi connectivity index (χ0) is 13.7. The Morgan fingerprint density at radius 2 is 2.06 bits per heavy atom. The Balaban J connectivity index is 3.01. The second-order valence-corrected chi connectivity index (χ2v) is 4.67. The van der Waals surface area contributed by atoms with Crippen LogP contribution in [0.3, 0.4) is 0 Å². The lowest BCUT2D eigenvalue weighted by Gasteiger charge is -2.13. The lowest BCUT2D eigenvalue weighted by molar-refractivity contribution is 0.0827. The van der Waals surface area contributed by atoms with Gasteiger partial charge in [0.2, 0.25) is 0 Å². The van der Waals surface area contributed by atoms with E-state index in [9.17, 15) is 9.70 Å². The molecule has 0 atom stereocenters. The van der Waals surface area contributed by atoms with E-state index in [2.05, 4.69) is 10.5 Å². The van der Waals surface area contributed by atoms with Crippen molar-refractivity contribution < 1.29 is 4.79 Å². The largest absolute Gasteiger partial charge is 0.345 e. The molecule has 0 aliphatic rings. The van der Waals surface area contributed by atoms with Crippen LogP contribution < -0.4 is 5.32 Å². The van der Waals surface area contributed by atoms with Crippen LogP contribution in [0.2, 0.25) is 0 Å². The number of nitroso groups, excluding NO2 is 1. The van der Waals surface area contributed by atoms with Gasteiger partial charge in [0.05, 0.1) is 0 Å². The van der Waals surface area contributed by atoms with Crippen molar-refractivity contribution in [3.05, 3.63) is 34.2 Å². The summed E-state index contributed by atoms with van der Waals surface area (Å²) in [5, 5.41) is 6.19. The van der Waals surface area contributed by atoms with Gasteiger partial charge < -0.3 is 10.2 Å². The molecule has 5 heteroatoms. The van der Waals surface area contributed by atoms with E-state index < -0.39 is 0 Å². The molecule has 1 N–H and O–H groups in total. The van der Waals surface area contributed by atoms with Crippen LogP contribution in [0.1, 0.15) is 29.8 Å². The van der Waals surface area contributed by atoms with Gasteiger partial charge in [-0.15, -0.1) is 4.91 Å². The number of hydrogen-bond donors (Lipinski definition) is 1. The average molecular weight is 249 g/mol. The zero-order valence-corrected chi connectivity index (χ0v) is 11.2. The smallest absolute Gasteiger partial charge is 0.253 e. The van der Waals surface area contributed by atoms with E-state index in [1.165, 1.54) is 4.90 Å². The van der Waals surface area contributed by atoms with Crippen LogP contribution in [-0.2, 0) is 6.54 Å². The Kier molecular flexibility index (Phi) is 4.97. The van der Waals surface area contributed by atoms with Crippen molar-refractivity contribution >= 4 is 11.6 Å². The molecule has 0 aromatic heterocycles. The molecular weight excluding hydrogens is 230 g/mol. The molecule has 1 amide bonds. The summed E-state index contributed by atoms with van der Waals surface area (Å²) in [6.45, 7) is 4.55. The summed E-state index contributed by atoms with van der Waals surface area (Å²) in [4.78, 5) is 24.0. The Labute approximate surface area is 107 Å². The van der Waals surface area contributed by atoms with Crippen molar-refractivity contribution in [3.8, 4) is 0 Å². The first kappa shape index (κ1) is 14.3. The van der Waals surface area contributed by atoms with Crippen LogP contribution in [0.15, 0.2) is 23.4 Å². The first-order chi connectivity index (χ1) is 8.45. The maximum atomic E-state index is 11.8. The number of nitrogens with one attached hydrogen (secondary N) is 1. The van der Waals surface area contributed by atoms with E-state index in [0.717, 1.165) is 5.56 Å². The Bertz CT molecular complexity index is 442. The highest BCUT2D eigenvalue weighted by Gasteiger charge is 2.11. The minimum Gasteiger partial charge on any atom is -0.345 e. The van der Waals surface area contributed by atoms with Gasteiger partial charge in [-0.25, -0.2) is 0 Å². The molecule has 1 aromatic carbocycles. The summed E-state index contributed by atoms with van der Waals surface area (Å²) in [6.07, 6.45) is 0. The second-order valence-electron chi connectivity index (χ2n) is 4.67. The van der Waals surface area contributed by atoms with Crippen LogP contribution in [0.5, 0.6) is 0 Å². The third kappa shape index (κ3) is 3.63. The second kappa shape index (κ2) is 6.26. The third-order valence-electron chi connectivity index (χ3n) is 2.53. The molecule has 0 fully saturated rings. The Morgan fingerprint density at radius 3 is 2.56 bits per heavy atom. The normalized spacial score (nSPS) is 10.5. The maximum absolute atomic E-state index is 11.8. The molecule has 0 aliphatic carbocycles. The summed E-state index contributed by atoms with van der Waals surface area (Å²) < 4.78 is 0. The molecule has 0 unspecified atom stereocenters. The average Bonchev–Trinajstić information content (AvgIpc) is 2.34. The van der Waals surface area contributed by atoms with Gasteiger partial charge >= 0.3 is 0 Å². The van der Waals surface area contributed by atoms with E-state index in [4.69, 9.17) is 0 Å². The van der Waals surface area contributed by atoms with Crippen LogP contribution in [0.25, 0.3) is 0 Å². The lowest BCUT2D eigenvalue weighted by atomic mass is 10.1. The van der Waals surface area contributed by atoms with Crippen molar-refractivity contribution in [3.63, 3.8) is 0 Å². The van der Waals surface area contributed by atoms with Crippen molar-refractivity contribution in [1.82, 2.24) is 10.2 Å².